The lowest BCUT2D eigenvalue weighted by atomic mass is 9.94. The van der Waals surface area contributed by atoms with Gasteiger partial charge in [-0.05, 0) is 24.5 Å². The molecule has 88 valence electrons. The minimum Gasteiger partial charge on any atom is -0.352 e. The molecule has 4 heteroatoms. The second kappa shape index (κ2) is 6.38. The number of amides is 1. The Hall–Kier alpha value is -0.220. The van der Waals surface area contributed by atoms with Crippen LogP contribution in [0, 0.1) is 11.8 Å². The molecule has 15 heavy (non-hydrogen) atoms. The molecule has 1 aliphatic heterocycles. The number of hydrogen-bond acceptors (Lipinski definition) is 3. The van der Waals surface area contributed by atoms with E-state index in [1.165, 1.54) is 12.2 Å². The van der Waals surface area contributed by atoms with Crippen LogP contribution >= 0.6 is 11.8 Å². The third-order valence-corrected chi connectivity index (χ3v) is 4.12. The monoisotopic (exact) mass is 230 g/mol. The highest BCUT2D eigenvalue weighted by Crippen LogP contribution is 2.18. The lowest BCUT2D eigenvalue weighted by Crippen LogP contribution is -2.45. The van der Waals surface area contributed by atoms with Crippen LogP contribution in [0.5, 0.6) is 0 Å². The van der Waals surface area contributed by atoms with Gasteiger partial charge < -0.3 is 11.1 Å². The SMILES string of the molecule is CC(C)C(CN)C(=O)NC1CCCSC1. The van der Waals surface area contributed by atoms with E-state index in [0.29, 0.717) is 18.5 Å². The smallest absolute Gasteiger partial charge is 0.224 e. The molecule has 1 fully saturated rings. The second-order valence-electron chi connectivity index (χ2n) is 4.51. The van der Waals surface area contributed by atoms with Crippen LogP contribution in [0.15, 0.2) is 0 Å². The maximum Gasteiger partial charge on any atom is 0.224 e. The Bertz CT molecular complexity index is 203. The maximum absolute atomic E-state index is 11.9. The zero-order valence-corrected chi connectivity index (χ0v) is 10.5. The van der Waals surface area contributed by atoms with Gasteiger partial charge in [0.05, 0.1) is 5.92 Å². The largest absolute Gasteiger partial charge is 0.352 e. The minimum atomic E-state index is -0.0306. The van der Waals surface area contributed by atoms with Gasteiger partial charge in [0.25, 0.3) is 0 Å². The summed E-state index contributed by atoms with van der Waals surface area (Å²) in [6, 6.07) is 0.365. The number of rotatable bonds is 4. The van der Waals surface area contributed by atoms with Gasteiger partial charge in [-0.3, -0.25) is 4.79 Å². The molecule has 0 spiro atoms. The summed E-state index contributed by atoms with van der Waals surface area (Å²) >= 11 is 1.93. The van der Waals surface area contributed by atoms with Gasteiger partial charge in [0.1, 0.15) is 0 Å². The molecular weight excluding hydrogens is 208 g/mol. The lowest BCUT2D eigenvalue weighted by Gasteiger charge is -2.26. The molecule has 1 heterocycles. The first-order valence-corrected chi connectivity index (χ1v) is 6.88. The predicted octanol–water partition coefficient (Wildman–Crippen LogP) is 1.23. The van der Waals surface area contributed by atoms with Crippen LogP contribution in [0.25, 0.3) is 0 Å². The van der Waals surface area contributed by atoms with E-state index < -0.39 is 0 Å². The van der Waals surface area contributed by atoms with Crippen LogP contribution in [0.1, 0.15) is 26.7 Å². The minimum absolute atomic E-state index is 0.0306. The summed E-state index contributed by atoms with van der Waals surface area (Å²) in [4.78, 5) is 11.9. The van der Waals surface area contributed by atoms with E-state index >= 15 is 0 Å². The molecule has 0 aliphatic carbocycles. The number of thioether (sulfide) groups is 1. The third kappa shape index (κ3) is 4.03. The average molecular weight is 230 g/mol. The van der Waals surface area contributed by atoms with Gasteiger partial charge in [0, 0.05) is 18.3 Å². The zero-order valence-electron chi connectivity index (χ0n) is 9.66. The van der Waals surface area contributed by atoms with Gasteiger partial charge in [-0.1, -0.05) is 13.8 Å². The van der Waals surface area contributed by atoms with Crippen molar-refractivity contribution in [3.8, 4) is 0 Å². The summed E-state index contributed by atoms with van der Waals surface area (Å²) in [5.41, 5.74) is 5.61. The molecule has 0 radical (unpaired) electrons. The van der Waals surface area contributed by atoms with E-state index in [2.05, 4.69) is 5.32 Å². The van der Waals surface area contributed by atoms with Crippen molar-refractivity contribution in [2.75, 3.05) is 18.1 Å². The average Bonchev–Trinajstić information content (AvgIpc) is 2.19. The van der Waals surface area contributed by atoms with Crippen molar-refractivity contribution in [2.45, 2.75) is 32.7 Å². The lowest BCUT2D eigenvalue weighted by molar-refractivity contribution is -0.126. The Labute approximate surface area is 96.6 Å². The Morgan fingerprint density at radius 1 is 1.60 bits per heavy atom. The van der Waals surface area contributed by atoms with Crippen LogP contribution in [0.2, 0.25) is 0 Å². The summed E-state index contributed by atoms with van der Waals surface area (Å²) in [6.45, 7) is 4.54. The normalized spacial score (nSPS) is 23.9. The first kappa shape index (κ1) is 12.8. The molecule has 2 unspecified atom stereocenters. The van der Waals surface area contributed by atoms with E-state index in [1.54, 1.807) is 0 Å². The van der Waals surface area contributed by atoms with E-state index in [0.717, 1.165) is 12.2 Å². The van der Waals surface area contributed by atoms with E-state index in [4.69, 9.17) is 5.73 Å². The Morgan fingerprint density at radius 2 is 2.33 bits per heavy atom. The van der Waals surface area contributed by atoms with Crippen molar-refractivity contribution in [3.05, 3.63) is 0 Å². The van der Waals surface area contributed by atoms with E-state index in [1.807, 2.05) is 25.6 Å². The molecule has 0 bridgehead atoms. The highest BCUT2D eigenvalue weighted by molar-refractivity contribution is 7.99. The second-order valence-corrected chi connectivity index (χ2v) is 5.66. The summed E-state index contributed by atoms with van der Waals surface area (Å²) in [5.74, 6) is 2.72. The fourth-order valence-electron chi connectivity index (χ4n) is 1.84. The Kier molecular flexibility index (Phi) is 5.47. The Balaban J connectivity index is 2.38. The summed E-state index contributed by atoms with van der Waals surface area (Å²) in [6.07, 6.45) is 2.33. The molecule has 0 aromatic rings. The van der Waals surface area contributed by atoms with Crippen molar-refractivity contribution in [2.24, 2.45) is 17.6 Å². The first-order valence-electron chi connectivity index (χ1n) is 5.73. The van der Waals surface area contributed by atoms with Gasteiger partial charge in [0.2, 0.25) is 5.91 Å². The molecule has 1 aliphatic rings. The van der Waals surface area contributed by atoms with Crippen molar-refractivity contribution < 1.29 is 4.79 Å². The van der Waals surface area contributed by atoms with Crippen LogP contribution < -0.4 is 11.1 Å². The van der Waals surface area contributed by atoms with Crippen LogP contribution in [-0.4, -0.2) is 30.0 Å². The van der Waals surface area contributed by atoms with Gasteiger partial charge >= 0.3 is 0 Å². The molecule has 0 saturated carbocycles. The van der Waals surface area contributed by atoms with Gasteiger partial charge in [-0.2, -0.15) is 11.8 Å². The fourth-order valence-corrected chi connectivity index (χ4v) is 2.92. The quantitative estimate of drug-likeness (QED) is 0.764. The number of carbonyl (C=O) groups excluding carboxylic acids is 1. The topological polar surface area (TPSA) is 55.1 Å². The highest BCUT2D eigenvalue weighted by Gasteiger charge is 2.23. The molecular formula is C11H22N2OS. The molecule has 1 amide bonds. The molecule has 3 nitrogen and oxygen atoms in total. The maximum atomic E-state index is 11.9. The summed E-state index contributed by atoms with van der Waals surface area (Å²) < 4.78 is 0. The summed E-state index contributed by atoms with van der Waals surface area (Å²) in [7, 11) is 0. The van der Waals surface area contributed by atoms with Gasteiger partial charge in [0.15, 0.2) is 0 Å². The number of nitrogens with two attached hydrogens (primary N) is 1. The first-order chi connectivity index (χ1) is 7.15. The summed E-state index contributed by atoms with van der Waals surface area (Å²) in [5, 5.41) is 3.11. The molecule has 0 aromatic carbocycles. The number of nitrogens with one attached hydrogen (secondary N) is 1. The fraction of sp³-hybridized carbons (Fsp3) is 0.909. The number of carbonyl (C=O) groups is 1. The van der Waals surface area contributed by atoms with Crippen LogP contribution in [0.3, 0.4) is 0 Å². The Morgan fingerprint density at radius 3 is 2.80 bits per heavy atom. The van der Waals surface area contributed by atoms with Gasteiger partial charge in [-0.15, -0.1) is 0 Å². The number of hydrogen-bond donors (Lipinski definition) is 2. The van der Waals surface area contributed by atoms with E-state index in [-0.39, 0.29) is 11.8 Å². The van der Waals surface area contributed by atoms with Crippen LogP contribution in [-0.2, 0) is 4.79 Å². The van der Waals surface area contributed by atoms with Gasteiger partial charge in [-0.25, -0.2) is 0 Å². The van der Waals surface area contributed by atoms with Crippen molar-refractivity contribution in [1.82, 2.24) is 5.32 Å². The van der Waals surface area contributed by atoms with Crippen molar-refractivity contribution in [3.63, 3.8) is 0 Å². The molecule has 0 aromatic heterocycles. The molecule has 3 N–H and O–H groups in total. The zero-order chi connectivity index (χ0) is 11.3. The van der Waals surface area contributed by atoms with Crippen LogP contribution in [0.4, 0.5) is 0 Å². The molecule has 1 saturated heterocycles. The highest BCUT2D eigenvalue weighted by atomic mass is 32.2. The van der Waals surface area contributed by atoms with E-state index in [9.17, 15) is 4.79 Å². The van der Waals surface area contributed by atoms with Crippen molar-refractivity contribution in [1.29, 1.82) is 0 Å². The predicted molar refractivity (Wildman–Crippen MR) is 65.9 cm³/mol. The molecule has 1 rings (SSSR count). The molecule has 2 atom stereocenters. The standard InChI is InChI=1S/C11H22N2OS/c1-8(2)10(6-12)11(14)13-9-4-3-5-15-7-9/h8-10H,3-7,12H2,1-2H3,(H,13,14). The third-order valence-electron chi connectivity index (χ3n) is 2.90. The van der Waals surface area contributed by atoms with Crippen molar-refractivity contribution >= 4 is 17.7 Å².